The van der Waals surface area contributed by atoms with Gasteiger partial charge in [-0.3, -0.25) is 14.4 Å². The average molecular weight is 251 g/mol. The SMILES string of the molecule is CC[C@H](C(=O)O)N1CCC[C@H](n2cc(C)cn2)C1. The first kappa shape index (κ1) is 13.1. The van der Waals surface area contributed by atoms with Crippen LogP contribution in [0.15, 0.2) is 12.4 Å². The lowest BCUT2D eigenvalue weighted by molar-refractivity contribution is -0.144. The number of carboxylic acid groups (broad SMARTS) is 1. The Kier molecular flexibility index (Phi) is 4.01. The smallest absolute Gasteiger partial charge is 0.320 e. The molecule has 18 heavy (non-hydrogen) atoms. The van der Waals surface area contributed by atoms with Crippen molar-refractivity contribution in [1.29, 1.82) is 0 Å². The number of aliphatic carboxylic acids is 1. The molecule has 0 amide bonds. The maximum Gasteiger partial charge on any atom is 0.320 e. The van der Waals surface area contributed by atoms with E-state index in [0.29, 0.717) is 12.5 Å². The van der Waals surface area contributed by atoms with Crippen LogP contribution >= 0.6 is 0 Å². The fourth-order valence-electron chi connectivity index (χ4n) is 2.70. The molecule has 1 aliphatic heterocycles. The van der Waals surface area contributed by atoms with Crippen molar-refractivity contribution in [3.63, 3.8) is 0 Å². The number of carboxylic acids is 1. The van der Waals surface area contributed by atoms with E-state index in [0.717, 1.165) is 31.5 Å². The van der Waals surface area contributed by atoms with Crippen LogP contribution in [0.4, 0.5) is 0 Å². The lowest BCUT2D eigenvalue weighted by atomic mass is 10.0. The van der Waals surface area contributed by atoms with E-state index in [4.69, 9.17) is 0 Å². The third kappa shape index (κ3) is 2.72. The van der Waals surface area contributed by atoms with Crippen molar-refractivity contribution in [1.82, 2.24) is 14.7 Å². The van der Waals surface area contributed by atoms with Crippen molar-refractivity contribution in [3.8, 4) is 0 Å². The summed E-state index contributed by atoms with van der Waals surface area (Å²) in [6.07, 6.45) is 6.66. The van der Waals surface area contributed by atoms with Gasteiger partial charge in [-0.15, -0.1) is 0 Å². The second-order valence-corrected chi connectivity index (χ2v) is 5.05. The quantitative estimate of drug-likeness (QED) is 0.884. The minimum Gasteiger partial charge on any atom is -0.480 e. The number of carbonyl (C=O) groups is 1. The molecule has 100 valence electrons. The predicted molar refractivity (Wildman–Crippen MR) is 68.5 cm³/mol. The molecule has 2 heterocycles. The molecule has 2 atom stereocenters. The number of likely N-dealkylation sites (tertiary alicyclic amines) is 1. The van der Waals surface area contributed by atoms with Crippen molar-refractivity contribution in [3.05, 3.63) is 18.0 Å². The predicted octanol–water partition coefficient (Wildman–Crippen LogP) is 1.69. The van der Waals surface area contributed by atoms with Crippen LogP contribution in [0.1, 0.15) is 37.8 Å². The second-order valence-electron chi connectivity index (χ2n) is 5.05. The minimum atomic E-state index is -0.713. The van der Waals surface area contributed by atoms with E-state index in [9.17, 15) is 9.90 Å². The summed E-state index contributed by atoms with van der Waals surface area (Å²) >= 11 is 0. The van der Waals surface area contributed by atoms with E-state index < -0.39 is 5.97 Å². The Morgan fingerprint density at radius 1 is 1.67 bits per heavy atom. The Labute approximate surface area is 107 Å². The van der Waals surface area contributed by atoms with Gasteiger partial charge in [0.25, 0.3) is 0 Å². The largest absolute Gasteiger partial charge is 0.480 e. The minimum absolute atomic E-state index is 0.306. The fourth-order valence-corrected chi connectivity index (χ4v) is 2.70. The highest BCUT2D eigenvalue weighted by Gasteiger charge is 2.29. The molecule has 1 aliphatic rings. The van der Waals surface area contributed by atoms with Crippen molar-refractivity contribution >= 4 is 5.97 Å². The topological polar surface area (TPSA) is 58.4 Å². The van der Waals surface area contributed by atoms with Gasteiger partial charge in [0.05, 0.1) is 12.2 Å². The molecule has 0 spiro atoms. The third-order valence-corrected chi connectivity index (χ3v) is 3.65. The molecule has 5 heteroatoms. The molecule has 0 unspecified atom stereocenters. The summed E-state index contributed by atoms with van der Waals surface area (Å²) < 4.78 is 1.98. The van der Waals surface area contributed by atoms with Crippen LogP contribution in [0.5, 0.6) is 0 Å². The zero-order chi connectivity index (χ0) is 13.1. The summed E-state index contributed by atoms with van der Waals surface area (Å²) in [6.45, 7) is 5.62. The molecule has 1 aromatic rings. The first-order valence-electron chi connectivity index (χ1n) is 6.59. The van der Waals surface area contributed by atoms with Crippen molar-refractivity contribution < 1.29 is 9.90 Å². The zero-order valence-corrected chi connectivity index (χ0v) is 11.0. The van der Waals surface area contributed by atoms with Gasteiger partial charge in [0, 0.05) is 12.7 Å². The van der Waals surface area contributed by atoms with Gasteiger partial charge in [0.1, 0.15) is 6.04 Å². The standard InChI is InChI=1S/C13H21N3O2/c1-3-12(13(17)18)15-6-4-5-11(9-15)16-8-10(2)7-14-16/h7-8,11-12H,3-6,9H2,1-2H3,(H,17,18)/t11-,12+/m0/s1. The Morgan fingerprint density at radius 3 is 3.00 bits per heavy atom. The molecule has 0 aromatic carbocycles. The zero-order valence-electron chi connectivity index (χ0n) is 11.0. The van der Waals surface area contributed by atoms with Gasteiger partial charge in [0.15, 0.2) is 0 Å². The van der Waals surface area contributed by atoms with E-state index in [2.05, 4.69) is 10.00 Å². The van der Waals surface area contributed by atoms with Gasteiger partial charge in [-0.05, 0) is 38.3 Å². The van der Waals surface area contributed by atoms with Crippen LogP contribution in [0, 0.1) is 6.92 Å². The summed E-state index contributed by atoms with van der Waals surface area (Å²) in [5.41, 5.74) is 1.15. The molecule has 0 bridgehead atoms. The first-order valence-corrected chi connectivity index (χ1v) is 6.59. The number of aromatic nitrogens is 2. The van der Waals surface area contributed by atoms with Crippen LogP contribution in [0.3, 0.4) is 0 Å². The maximum atomic E-state index is 11.2. The van der Waals surface area contributed by atoms with E-state index >= 15 is 0 Å². The number of hydrogen-bond acceptors (Lipinski definition) is 3. The van der Waals surface area contributed by atoms with E-state index in [1.807, 2.05) is 30.9 Å². The monoisotopic (exact) mass is 251 g/mol. The van der Waals surface area contributed by atoms with E-state index in [1.54, 1.807) is 0 Å². The molecule has 1 N–H and O–H groups in total. The van der Waals surface area contributed by atoms with E-state index in [-0.39, 0.29) is 6.04 Å². The van der Waals surface area contributed by atoms with Crippen molar-refractivity contribution in [2.75, 3.05) is 13.1 Å². The fraction of sp³-hybridized carbons (Fsp3) is 0.692. The Morgan fingerprint density at radius 2 is 2.44 bits per heavy atom. The lowest BCUT2D eigenvalue weighted by Gasteiger charge is -2.36. The summed E-state index contributed by atoms with van der Waals surface area (Å²) in [5, 5.41) is 13.6. The van der Waals surface area contributed by atoms with Crippen LogP contribution in [0.25, 0.3) is 0 Å². The molecule has 1 saturated heterocycles. The van der Waals surface area contributed by atoms with Gasteiger partial charge in [-0.25, -0.2) is 0 Å². The summed E-state index contributed by atoms with van der Waals surface area (Å²) in [7, 11) is 0. The molecule has 5 nitrogen and oxygen atoms in total. The van der Waals surface area contributed by atoms with Gasteiger partial charge < -0.3 is 5.11 Å². The Balaban J connectivity index is 2.06. The molecular weight excluding hydrogens is 230 g/mol. The van der Waals surface area contributed by atoms with Crippen LogP contribution < -0.4 is 0 Å². The number of aryl methyl sites for hydroxylation is 1. The average Bonchev–Trinajstić information content (AvgIpc) is 2.77. The first-order chi connectivity index (χ1) is 8.61. The molecule has 1 aromatic heterocycles. The molecule has 1 fully saturated rings. The van der Waals surface area contributed by atoms with Gasteiger partial charge in [-0.2, -0.15) is 5.10 Å². The number of piperidine rings is 1. The molecule has 0 radical (unpaired) electrons. The Hall–Kier alpha value is -1.36. The highest BCUT2D eigenvalue weighted by Crippen LogP contribution is 2.23. The summed E-state index contributed by atoms with van der Waals surface area (Å²) in [5.74, 6) is -0.713. The highest BCUT2D eigenvalue weighted by atomic mass is 16.4. The number of nitrogens with zero attached hydrogens (tertiary/aromatic N) is 3. The molecule has 0 saturated carbocycles. The highest BCUT2D eigenvalue weighted by molar-refractivity contribution is 5.73. The number of hydrogen-bond donors (Lipinski definition) is 1. The summed E-state index contributed by atoms with van der Waals surface area (Å²) in [4.78, 5) is 13.3. The maximum absolute atomic E-state index is 11.2. The normalized spacial score (nSPS) is 22.9. The lowest BCUT2D eigenvalue weighted by Crippen LogP contribution is -2.46. The van der Waals surface area contributed by atoms with Crippen molar-refractivity contribution in [2.45, 2.75) is 45.2 Å². The van der Waals surface area contributed by atoms with Gasteiger partial charge >= 0.3 is 5.97 Å². The van der Waals surface area contributed by atoms with Crippen LogP contribution in [-0.4, -0.2) is 44.9 Å². The Bertz CT molecular complexity index is 416. The molecule has 2 rings (SSSR count). The second kappa shape index (κ2) is 5.52. The third-order valence-electron chi connectivity index (χ3n) is 3.65. The van der Waals surface area contributed by atoms with Crippen LogP contribution in [-0.2, 0) is 4.79 Å². The van der Waals surface area contributed by atoms with Gasteiger partial charge in [-0.1, -0.05) is 6.92 Å². The number of rotatable bonds is 4. The summed E-state index contributed by atoms with van der Waals surface area (Å²) in [6, 6.07) is -0.0506. The van der Waals surface area contributed by atoms with Gasteiger partial charge in [0.2, 0.25) is 0 Å². The van der Waals surface area contributed by atoms with E-state index in [1.165, 1.54) is 0 Å². The van der Waals surface area contributed by atoms with Crippen molar-refractivity contribution in [2.24, 2.45) is 0 Å². The van der Waals surface area contributed by atoms with Crippen LogP contribution in [0.2, 0.25) is 0 Å². The molecule has 0 aliphatic carbocycles. The molecular formula is C13H21N3O2.